The van der Waals surface area contributed by atoms with Crippen molar-refractivity contribution in [2.75, 3.05) is 6.54 Å². The van der Waals surface area contributed by atoms with Crippen LogP contribution in [-0.4, -0.2) is 12.6 Å². The minimum atomic E-state index is 0.192. The molecule has 1 aliphatic carbocycles. The summed E-state index contributed by atoms with van der Waals surface area (Å²) in [4.78, 5) is 0. The minimum absolute atomic E-state index is 0.192. The second kappa shape index (κ2) is 7.56. The zero-order valence-corrected chi connectivity index (χ0v) is 12.2. The molecule has 0 spiro atoms. The lowest BCUT2D eigenvalue weighted by molar-refractivity contribution is 0.227. The second-order valence-corrected chi connectivity index (χ2v) is 5.32. The smallest absolute Gasteiger partial charge is 0.126 e. The molecule has 0 aromatic heterocycles. The highest BCUT2D eigenvalue weighted by Crippen LogP contribution is 2.28. The lowest BCUT2D eigenvalue weighted by Gasteiger charge is -2.21. The zero-order chi connectivity index (χ0) is 13.5. The third kappa shape index (κ3) is 4.26. The van der Waals surface area contributed by atoms with Gasteiger partial charge in [0.25, 0.3) is 0 Å². The van der Waals surface area contributed by atoms with Crippen LogP contribution in [0.2, 0.25) is 5.02 Å². The van der Waals surface area contributed by atoms with Crippen molar-refractivity contribution in [3.8, 4) is 5.75 Å². The Morgan fingerprint density at radius 1 is 1.42 bits per heavy atom. The first-order chi connectivity index (χ1) is 9.31. The molecule has 0 saturated carbocycles. The van der Waals surface area contributed by atoms with Gasteiger partial charge in [-0.3, -0.25) is 0 Å². The van der Waals surface area contributed by atoms with Crippen molar-refractivity contribution in [1.82, 2.24) is 5.32 Å². The molecule has 0 heterocycles. The number of halogens is 1. The fraction of sp³-hybridized carbons (Fsp3) is 0.500. The van der Waals surface area contributed by atoms with E-state index < -0.39 is 0 Å². The van der Waals surface area contributed by atoms with Crippen molar-refractivity contribution >= 4 is 11.6 Å². The molecule has 1 aromatic carbocycles. The first-order valence-corrected chi connectivity index (χ1v) is 7.50. The molecule has 1 aromatic rings. The van der Waals surface area contributed by atoms with E-state index in [-0.39, 0.29) is 6.10 Å². The summed E-state index contributed by atoms with van der Waals surface area (Å²) in [6, 6.07) is 5.89. The predicted molar refractivity (Wildman–Crippen MR) is 80.9 cm³/mol. The van der Waals surface area contributed by atoms with Crippen LogP contribution in [0.5, 0.6) is 5.75 Å². The maximum absolute atomic E-state index is 6.29. The van der Waals surface area contributed by atoms with Gasteiger partial charge in [0.2, 0.25) is 0 Å². The molecule has 0 aliphatic heterocycles. The van der Waals surface area contributed by atoms with Crippen LogP contribution in [0, 0.1) is 0 Å². The number of rotatable bonds is 6. The molecule has 0 radical (unpaired) electrons. The first kappa shape index (κ1) is 14.4. The van der Waals surface area contributed by atoms with Crippen LogP contribution in [0.25, 0.3) is 0 Å². The normalized spacial score (nSPS) is 18.5. The van der Waals surface area contributed by atoms with E-state index in [0.717, 1.165) is 42.3 Å². The largest absolute Gasteiger partial charge is 0.486 e. The fourth-order valence-electron chi connectivity index (χ4n) is 2.25. The third-order valence-corrected chi connectivity index (χ3v) is 3.65. The number of hydrogen-bond donors (Lipinski definition) is 1. The van der Waals surface area contributed by atoms with Gasteiger partial charge in [-0.25, -0.2) is 0 Å². The van der Waals surface area contributed by atoms with E-state index in [4.69, 9.17) is 16.3 Å². The van der Waals surface area contributed by atoms with Crippen LogP contribution in [0.1, 0.15) is 38.2 Å². The quantitative estimate of drug-likeness (QED) is 0.618. The van der Waals surface area contributed by atoms with Crippen molar-refractivity contribution in [2.24, 2.45) is 0 Å². The van der Waals surface area contributed by atoms with Crippen molar-refractivity contribution in [2.45, 2.75) is 45.3 Å². The van der Waals surface area contributed by atoms with Gasteiger partial charge in [-0.05, 0) is 50.4 Å². The van der Waals surface area contributed by atoms with E-state index in [2.05, 4.69) is 24.4 Å². The highest BCUT2D eigenvalue weighted by Gasteiger charge is 2.14. The lowest BCUT2D eigenvalue weighted by Crippen LogP contribution is -2.19. The molecule has 3 heteroatoms. The van der Waals surface area contributed by atoms with E-state index in [9.17, 15) is 0 Å². The van der Waals surface area contributed by atoms with Gasteiger partial charge in [0, 0.05) is 17.1 Å². The zero-order valence-electron chi connectivity index (χ0n) is 11.5. The molecule has 104 valence electrons. The number of ether oxygens (including phenoxy) is 1. The molecule has 19 heavy (non-hydrogen) atoms. The van der Waals surface area contributed by atoms with Crippen LogP contribution in [0.4, 0.5) is 0 Å². The van der Waals surface area contributed by atoms with Gasteiger partial charge >= 0.3 is 0 Å². The summed E-state index contributed by atoms with van der Waals surface area (Å²) in [6.45, 7) is 3.91. The topological polar surface area (TPSA) is 21.3 Å². The molecule has 1 unspecified atom stereocenters. The Bertz CT molecular complexity index is 431. The first-order valence-electron chi connectivity index (χ1n) is 7.12. The molecular weight excluding hydrogens is 258 g/mol. The van der Waals surface area contributed by atoms with Crippen LogP contribution in [0.15, 0.2) is 30.4 Å². The highest BCUT2D eigenvalue weighted by molar-refractivity contribution is 6.31. The molecule has 1 N–H and O–H groups in total. The van der Waals surface area contributed by atoms with Crippen LogP contribution in [0.3, 0.4) is 0 Å². The molecule has 2 rings (SSSR count). The Hall–Kier alpha value is -0.990. The van der Waals surface area contributed by atoms with Gasteiger partial charge in [-0.15, -0.1) is 0 Å². The highest BCUT2D eigenvalue weighted by atomic mass is 35.5. The molecule has 0 saturated heterocycles. The summed E-state index contributed by atoms with van der Waals surface area (Å²) >= 11 is 6.29. The van der Waals surface area contributed by atoms with E-state index >= 15 is 0 Å². The summed E-state index contributed by atoms with van der Waals surface area (Å²) in [5, 5.41) is 4.17. The van der Waals surface area contributed by atoms with Crippen LogP contribution in [-0.2, 0) is 6.54 Å². The Morgan fingerprint density at radius 3 is 3.05 bits per heavy atom. The van der Waals surface area contributed by atoms with Gasteiger partial charge < -0.3 is 10.1 Å². The average molecular weight is 280 g/mol. The van der Waals surface area contributed by atoms with Crippen molar-refractivity contribution < 1.29 is 4.74 Å². The maximum atomic E-state index is 6.29. The van der Waals surface area contributed by atoms with Crippen LogP contribution < -0.4 is 10.1 Å². The Morgan fingerprint density at radius 2 is 2.32 bits per heavy atom. The Labute approximate surface area is 120 Å². The molecule has 0 bridgehead atoms. The molecular formula is C16H22ClNO. The van der Waals surface area contributed by atoms with Crippen molar-refractivity contribution in [1.29, 1.82) is 0 Å². The van der Waals surface area contributed by atoms with Gasteiger partial charge in [0.15, 0.2) is 0 Å². The predicted octanol–water partition coefficient (Wildman–Crippen LogP) is 4.33. The summed E-state index contributed by atoms with van der Waals surface area (Å²) in [5.41, 5.74) is 1.07. The van der Waals surface area contributed by atoms with Crippen molar-refractivity contribution in [3.05, 3.63) is 40.9 Å². The summed E-state index contributed by atoms with van der Waals surface area (Å²) in [7, 11) is 0. The van der Waals surface area contributed by atoms with E-state index in [0.29, 0.717) is 0 Å². The Balaban J connectivity index is 2.07. The minimum Gasteiger partial charge on any atom is -0.486 e. The molecule has 0 amide bonds. The Kier molecular flexibility index (Phi) is 5.74. The second-order valence-electron chi connectivity index (χ2n) is 4.91. The fourth-order valence-corrected chi connectivity index (χ4v) is 2.49. The number of nitrogens with one attached hydrogen (secondary N) is 1. The van der Waals surface area contributed by atoms with Crippen LogP contribution >= 0.6 is 11.6 Å². The monoisotopic (exact) mass is 279 g/mol. The van der Waals surface area contributed by atoms with Gasteiger partial charge in [0.05, 0.1) is 0 Å². The molecule has 1 atom stereocenters. The molecule has 0 fully saturated rings. The maximum Gasteiger partial charge on any atom is 0.126 e. The third-order valence-electron chi connectivity index (χ3n) is 3.29. The van der Waals surface area contributed by atoms with E-state index in [1.54, 1.807) is 0 Å². The number of benzene rings is 1. The SMILES string of the molecule is CCCNCc1c(Cl)cccc1OC1C=CCCC1. The van der Waals surface area contributed by atoms with Gasteiger partial charge in [-0.2, -0.15) is 0 Å². The van der Waals surface area contributed by atoms with Gasteiger partial charge in [0.1, 0.15) is 11.9 Å². The number of allylic oxidation sites excluding steroid dienone is 1. The van der Waals surface area contributed by atoms with Crippen molar-refractivity contribution in [3.63, 3.8) is 0 Å². The van der Waals surface area contributed by atoms with E-state index in [1.807, 2.05) is 18.2 Å². The summed E-state index contributed by atoms with van der Waals surface area (Å²) in [5.74, 6) is 0.910. The molecule has 1 aliphatic rings. The van der Waals surface area contributed by atoms with E-state index in [1.165, 1.54) is 12.8 Å². The lowest BCUT2D eigenvalue weighted by atomic mass is 10.1. The standard InChI is InChI=1S/C16H22ClNO/c1-2-11-18-12-14-15(17)9-6-10-16(14)19-13-7-4-3-5-8-13/h4,6-7,9-10,13,18H,2-3,5,8,11-12H2,1H3. The molecule has 2 nitrogen and oxygen atoms in total. The van der Waals surface area contributed by atoms with Gasteiger partial charge in [-0.1, -0.05) is 30.7 Å². The number of hydrogen-bond acceptors (Lipinski definition) is 2. The average Bonchev–Trinajstić information content (AvgIpc) is 2.43. The summed E-state index contributed by atoms with van der Waals surface area (Å²) < 4.78 is 6.09. The summed E-state index contributed by atoms with van der Waals surface area (Å²) in [6.07, 6.45) is 9.13.